The third-order valence-corrected chi connectivity index (χ3v) is 7.14. The van der Waals surface area contributed by atoms with Crippen molar-refractivity contribution in [2.75, 3.05) is 0 Å². The van der Waals surface area contributed by atoms with Crippen LogP contribution >= 0.6 is 0 Å². The van der Waals surface area contributed by atoms with E-state index in [1.54, 1.807) is 0 Å². The predicted octanol–water partition coefficient (Wildman–Crippen LogP) is 6.96. The van der Waals surface area contributed by atoms with E-state index in [4.69, 9.17) is 0 Å². The molecule has 0 saturated carbocycles. The van der Waals surface area contributed by atoms with Gasteiger partial charge in [0.15, 0.2) is 11.6 Å². The molecule has 0 unspecified atom stereocenters. The predicted molar refractivity (Wildman–Crippen MR) is 135 cm³/mol. The lowest BCUT2D eigenvalue weighted by Gasteiger charge is -2.21. The minimum Gasteiger partial charge on any atom is -0.289 e. The van der Waals surface area contributed by atoms with E-state index in [2.05, 4.69) is 50.2 Å². The molecule has 0 spiro atoms. The Kier molecular flexibility index (Phi) is 4.70. The molecule has 4 aromatic rings. The zero-order chi connectivity index (χ0) is 23.4. The van der Waals surface area contributed by atoms with Crippen molar-refractivity contribution in [3.8, 4) is 0 Å². The molecule has 2 aliphatic carbocycles. The molecule has 0 fully saturated rings. The zero-order valence-electron chi connectivity index (χ0n) is 19.2. The molecule has 6 rings (SSSR count). The minimum absolute atomic E-state index is 0.0316. The average Bonchev–Trinajstić information content (AvgIpc) is 3.30. The summed E-state index contributed by atoms with van der Waals surface area (Å²) in [4.78, 5) is 28.0. The summed E-state index contributed by atoms with van der Waals surface area (Å²) >= 11 is 0. The molecule has 2 heteroatoms. The second-order valence-corrected chi connectivity index (χ2v) is 9.35. The summed E-state index contributed by atoms with van der Waals surface area (Å²) in [6.45, 7) is 4.12. The summed E-state index contributed by atoms with van der Waals surface area (Å²) in [6, 6.07) is 32.2. The highest BCUT2D eigenvalue weighted by Crippen LogP contribution is 2.51. The number of rotatable bonds is 2. The Hall–Kier alpha value is -4.04. The molecule has 0 aromatic heterocycles. The fraction of sp³-hybridized carbons (Fsp3) is 0.125. The van der Waals surface area contributed by atoms with Crippen LogP contribution in [0.2, 0.25) is 0 Å². The smallest absolute Gasteiger partial charge is 0.190 e. The van der Waals surface area contributed by atoms with Gasteiger partial charge in [-0.25, -0.2) is 0 Å². The highest BCUT2D eigenvalue weighted by molar-refractivity contribution is 6.24. The van der Waals surface area contributed by atoms with Crippen LogP contribution in [0.4, 0.5) is 0 Å². The molecule has 0 radical (unpaired) electrons. The first-order valence-corrected chi connectivity index (χ1v) is 11.7. The van der Waals surface area contributed by atoms with Crippen LogP contribution in [0.1, 0.15) is 65.9 Å². The lowest BCUT2D eigenvalue weighted by atomic mass is 9.80. The molecule has 0 aliphatic heterocycles. The van der Waals surface area contributed by atoms with Crippen LogP contribution in [0.3, 0.4) is 0 Å². The molecule has 2 atom stereocenters. The Morgan fingerprint density at radius 2 is 0.912 bits per heavy atom. The van der Waals surface area contributed by atoms with E-state index in [0.29, 0.717) is 22.3 Å². The second kappa shape index (κ2) is 7.78. The summed E-state index contributed by atoms with van der Waals surface area (Å²) < 4.78 is 0. The number of carbonyl (C=O) groups excluding carboxylic acids is 2. The molecule has 0 N–H and O–H groups in total. The maximum absolute atomic E-state index is 14.0. The number of hydrogen-bond donors (Lipinski definition) is 0. The highest BCUT2D eigenvalue weighted by atomic mass is 16.1. The van der Waals surface area contributed by atoms with E-state index in [1.165, 1.54) is 0 Å². The van der Waals surface area contributed by atoms with Gasteiger partial charge in [-0.1, -0.05) is 108 Å². The van der Waals surface area contributed by atoms with Crippen molar-refractivity contribution in [1.82, 2.24) is 0 Å². The van der Waals surface area contributed by atoms with Crippen LogP contribution in [0.5, 0.6) is 0 Å². The quantitative estimate of drug-likeness (QED) is 0.316. The molecular weight excluding hydrogens is 416 g/mol. The fourth-order valence-corrected chi connectivity index (χ4v) is 5.72. The van der Waals surface area contributed by atoms with Crippen LogP contribution in [0.15, 0.2) is 108 Å². The maximum Gasteiger partial charge on any atom is 0.190 e. The van der Waals surface area contributed by atoms with Gasteiger partial charge in [-0.05, 0) is 36.1 Å². The number of aryl methyl sites for hydroxylation is 2. The Morgan fingerprint density at radius 1 is 0.500 bits per heavy atom. The molecule has 0 heterocycles. The third-order valence-electron chi connectivity index (χ3n) is 7.14. The number of carbonyl (C=O) groups is 2. The van der Waals surface area contributed by atoms with E-state index in [9.17, 15) is 9.59 Å². The van der Waals surface area contributed by atoms with Crippen molar-refractivity contribution in [1.29, 1.82) is 0 Å². The Bertz CT molecular complexity index is 1410. The molecule has 34 heavy (non-hydrogen) atoms. The van der Waals surface area contributed by atoms with Crippen molar-refractivity contribution in [3.05, 3.63) is 153 Å². The van der Waals surface area contributed by atoms with E-state index < -0.39 is 0 Å². The van der Waals surface area contributed by atoms with Gasteiger partial charge in [-0.15, -0.1) is 0 Å². The number of fused-ring (bicyclic) bond motifs is 2. The Balaban J connectivity index is 1.69. The van der Waals surface area contributed by atoms with Crippen LogP contribution in [0.25, 0.3) is 0 Å². The molecule has 0 bridgehead atoms. The lowest BCUT2D eigenvalue weighted by molar-refractivity contribution is 0.100. The van der Waals surface area contributed by atoms with Crippen LogP contribution in [-0.4, -0.2) is 11.6 Å². The first kappa shape index (κ1) is 20.6. The number of hydrogen-bond acceptors (Lipinski definition) is 2. The first-order chi connectivity index (χ1) is 16.5. The van der Waals surface area contributed by atoms with Crippen molar-refractivity contribution >= 4 is 11.6 Å². The van der Waals surface area contributed by atoms with Gasteiger partial charge in [-0.2, -0.15) is 0 Å². The average molecular weight is 441 g/mol. The van der Waals surface area contributed by atoms with Crippen LogP contribution < -0.4 is 0 Å². The van der Waals surface area contributed by atoms with Gasteiger partial charge in [-0.3, -0.25) is 9.59 Å². The number of benzene rings is 4. The van der Waals surface area contributed by atoms with Crippen molar-refractivity contribution in [3.63, 3.8) is 0 Å². The topological polar surface area (TPSA) is 34.1 Å². The van der Waals surface area contributed by atoms with Gasteiger partial charge in [0.05, 0.1) is 0 Å². The summed E-state index contributed by atoms with van der Waals surface area (Å²) in [7, 11) is 0. The Morgan fingerprint density at radius 3 is 1.32 bits per heavy atom. The molecule has 0 saturated heterocycles. The third kappa shape index (κ3) is 3.03. The van der Waals surface area contributed by atoms with E-state index in [-0.39, 0.29) is 23.4 Å². The van der Waals surface area contributed by atoms with Crippen molar-refractivity contribution < 1.29 is 9.59 Å². The number of allylic oxidation sites excluding steroid dienone is 2. The molecule has 2 nitrogen and oxygen atoms in total. The molecular formula is C32H24O2. The highest BCUT2D eigenvalue weighted by Gasteiger charge is 2.45. The van der Waals surface area contributed by atoms with Gasteiger partial charge in [0.2, 0.25) is 0 Å². The van der Waals surface area contributed by atoms with Crippen LogP contribution in [-0.2, 0) is 0 Å². The van der Waals surface area contributed by atoms with Crippen molar-refractivity contribution in [2.45, 2.75) is 25.7 Å². The molecule has 2 aliphatic rings. The number of Topliss-reactive ketones (excluding diaryl/α,β-unsaturated/α-hetero) is 2. The summed E-state index contributed by atoms with van der Waals surface area (Å²) in [5, 5.41) is 0. The summed E-state index contributed by atoms with van der Waals surface area (Å²) in [5.74, 6) is -0.583. The normalized spacial score (nSPS) is 21.0. The van der Waals surface area contributed by atoms with Crippen molar-refractivity contribution in [2.24, 2.45) is 0 Å². The number of ketones is 2. The first-order valence-electron chi connectivity index (χ1n) is 11.7. The van der Waals surface area contributed by atoms with E-state index in [1.807, 2.05) is 60.7 Å². The summed E-state index contributed by atoms with van der Waals surface area (Å²) in [6.07, 6.45) is 0. The minimum atomic E-state index is -0.260. The van der Waals surface area contributed by atoms with E-state index >= 15 is 0 Å². The molecule has 0 amide bonds. The standard InChI is InChI=1S/C32H24O2/c1-19-9-7-11-21(17-19)27-23-13-3-5-15-25(23)31(33)29(27)30-28(22-12-8-10-20(2)18-22)24-14-4-6-16-26(24)32(30)34/h3-18,27-28H,1-2H3/b30-29+/t27-,28-/m1/s1. The van der Waals surface area contributed by atoms with Gasteiger partial charge in [0, 0.05) is 34.1 Å². The lowest BCUT2D eigenvalue weighted by Crippen LogP contribution is -2.14. The zero-order valence-corrected chi connectivity index (χ0v) is 19.2. The Labute approximate surface area is 199 Å². The van der Waals surface area contributed by atoms with E-state index in [0.717, 1.165) is 33.4 Å². The molecule has 164 valence electrons. The monoisotopic (exact) mass is 440 g/mol. The largest absolute Gasteiger partial charge is 0.289 e. The van der Waals surface area contributed by atoms with Gasteiger partial charge < -0.3 is 0 Å². The summed E-state index contributed by atoms with van der Waals surface area (Å²) in [5.41, 5.74) is 8.97. The van der Waals surface area contributed by atoms with Gasteiger partial charge >= 0.3 is 0 Å². The van der Waals surface area contributed by atoms with Gasteiger partial charge in [0.1, 0.15) is 0 Å². The SMILES string of the molecule is Cc1cccc([C@H]2/C(=C3\C(=O)c4ccccc4[C@H]3c3cccc(C)c3)C(=O)c3ccccc32)c1. The van der Waals surface area contributed by atoms with Gasteiger partial charge in [0.25, 0.3) is 0 Å². The maximum atomic E-state index is 14.0. The fourth-order valence-electron chi connectivity index (χ4n) is 5.72. The van der Waals surface area contributed by atoms with Crippen LogP contribution in [0, 0.1) is 13.8 Å². The second-order valence-electron chi connectivity index (χ2n) is 9.35. The molecule has 4 aromatic carbocycles.